The molecule has 0 saturated carbocycles. The maximum Gasteiger partial charge on any atom is 0.264 e. The van der Waals surface area contributed by atoms with E-state index < -0.39 is 34.4 Å². The van der Waals surface area contributed by atoms with Gasteiger partial charge in [0.2, 0.25) is 11.8 Å². The number of amides is 2. The molecule has 3 rings (SSSR count). The van der Waals surface area contributed by atoms with Crippen LogP contribution in [0.25, 0.3) is 0 Å². The van der Waals surface area contributed by atoms with E-state index in [0.717, 1.165) is 9.87 Å². The Kier molecular flexibility index (Phi) is 10.9. The van der Waals surface area contributed by atoms with Crippen LogP contribution in [-0.4, -0.2) is 44.3 Å². The Morgan fingerprint density at radius 2 is 1.43 bits per heavy atom. The van der Waals surface area contributed by atoms with E-state index in [2.05, 4.69) is 5.32 Å². The summed E-state index contributed by atoms with van der Waals surface area (Å²) in [6.07, 6.45) is 0. The molecule has 214 valence electrons. The number of hydrogen-bond acceptors (Lipinski definition) is 4. The lowest BCUT2D eigenvalue weighted by atomic mass is 10.1. The van der Waals surface area contributed by atoms with E-state index in [9.17, 15) is 18.0 Å². The first-order valence-corrected chi connectivity index (χ1v) is 15.2. The van der Waals surface area contributed by atoms with Gasteiger partial charge >= 0.3 is 0 Å². The zero-order valence-electron chi connectivity index (χ0n) is 22.7. The summed E-state index contributed by atoms with van der Waals surface area (Å²) in [6.45, 7) is 7.00. The first-order chi connectivity index (χ1) is 18.8. The Morgan fingerprint density at radius 3 is 2.00 bits per heavy atom. The van der Waals surface area contributed by atoms with Crippen LogP contribution in [0.4, 0.5) is 5.69 Å². The molecule has 0 aliphatic carbocycles. The first-order valence-electron chi connectivity index (χ1n) is 12.7. The maximum absolute atomic E-state index is 14.0. The highest BCUT2D eigenvalue weighted by Crippen LogP contribution is 2.31. The van der Waals surface area contributed by atoms with E-state index in [1.165, 1.54) is 23.1 Å². The van der Waals surface area contributed by atoms with Crippen LogP contribution in [-0.2, 0) is 26.2 Å². The highest BCUT2D eigenvalue weighted by atomic mass is 35.5. The predicted octanol–water partition coefficient (Wildman–Crippen LogP) is 6.34. The van der Waals surface area contributed by atoms with Crippen molar-refractivity contribution in [2.45, 2.75) is 45.2 Å². The molecule has 0 aliphatic heterocycles. The Balaban J connectivity index is 2.06. The molecule has 3 aromatic carbocycles. The zero-order chi connectivity index (χ0) is 29.6. The van der Waals surface area contributed by atoms with E-state index in [-0.39, 0.29) is 28.1 Å². The lowest BCUT2D eigenvalue weighted by Gasteiger charge is -2.32. The van der Waals surface area contributed by atoms with Gasteiger partial charge in [-0.1, -0.05) is 84.5 Å². The topological polar surface area (TPSA) is 86.8 Å². The first kappa shape index (κ1) is 31.7. The molecule has 0 saturated heterocycles. The third kappa shape index (κ3) is 7.69. The molecule has 7 nitrogen and oxygen atoms in total. The maximum atomic E-state index is 14.0. The number of carbonyl (C=O) groups excluding carboxylic acids is 2. The van der Waals surface area contributed by atoms with Crippen molar-refractivity contribution in [3.63, 3.8) is 0 Å². The van der Waals surface area contributed by atoms with E-state index in [1.807, 2.05) is 20.8 Å². The Bertz CT molecular complexity index is 1440. The van der Waals surface area contributed by atoms with E-state index in [0.29, 0.717) is 22.2 Å². The van der Waals surface area contributed by atoms with Gasteiger partial charge in [0.25, 0.3) is 10.0 Å². The number of nitrogens with zero attached hydrogens (tertiary/aromatic N) is 2. The molecule has 0 heterocycles. The fourth-order valence-electron chi connectivity index (χ4n) is 3.89. The van der Waals surface area contributed by atoms with Crippen LogP contribution in [0.1, 0.15) is 31.9 Å². The van der Waals surface area contributed by atoms with Crippen molar-refractivity contribution < 1.29 is 18.0 Å². The van der Waals surface area contributed by atoms with Gasteiger partial charge in [0, 0.05) is 28.7 Å². The van der Waals surface area contributed by atoms with Crippen LogP contribution in [0.5, 0.6) is 0 Å². The molecular formula is C29H32Cl3N3O4S. The number of carbonyl (C=O) groups is 2. The van der Waals surface area contributed by atoms with Gasteiger partial charge in [0.05, 0.1) is 15.6 Å². The summed E-state index contributed by atoms with van der Waals surface area (Å²) in [6, 6.07) is 16.6. The fraction of sp³-hybridized carbons (Fsp3) is 0.310. The number of rotatable bonds is 11. The number of aryl methyl sites for hydroxylation is 1. The molecule has 0 aliphatic rings. The molecule has 3 aromatic rings. The largest absolute Gasteiger partial charge is 0.354 e. The molecular weight excluding hydrogens is 593 g/mol. The lowest BCUT2D eigenvalue weighted by Crippen LogP contribution is -2.51. The summed E-state index contributed by atoms with van der Waals surface area (Å²) < 4.78 is 28.7. The highest BCUT2D eigenvalue weighted by molar-refractivity contribution is 7.92. The second-order valence-corrected chi connectivity index (χ2v) is 12.9. The second-order valence-electron chi connectivity index (χ2n) is 9.81. The SMILES string of the molecule is Cc1ccc(S(=O)(=O)N(CC(=O)N(Cc2c(Cl)cccc2Cl)C(C)C(=O)NCC(C)C)c2ccccc2Cl)cc1. The number of halogens is 3. The van der Waals surface area contributed by atoms with Crippen LogP contribution < -0.4 is 9.62 Å². The van der Waals surface area contributed by atoms with Crippen molar-refractivity contribution in [2.75, 3.05) is 17.4 Å². The smallest absolute Gasteiger partial charge is 0.264 e. The molecule has 0 bridgehead atoms. The Hall–Kier alpha value is -2.78. The van der Waals surface area contributed by atoms with Crippen LogP contribution in [0, 0.1) is 12.8 Å². The van der Waals surface area contributed by atoms with Gasteiger partial charge in [-0.25, -0.2) is 8.42 Å². The minimum Gasteiger partial charge on any atom is -0.354 e. The van der Waals surface area contributed by atoms with Gasteiger partial charge < -0.3 is 10.2 Å². The van der Waals surface area contributed by atoms with E-state index >= 15 is 0 Å². The molecule has 2 amide bonds. The monoisotopic (exact) mass is 623 g/mol. The average Bonchev–Trinajstić information content (AvgIpc) is 2.90. The number of hydrogen-bond donors (Lipinski definition) is 1. The van der Waals surface area contributed by atoms with Crippen LogP contribution in [0.2, 0.25) is 15.1 Å². The summed E-state index contributed by atoms with van der Waals surface area (Å²) in [4.78, 5) is 28.4. The normalized spacial score (nSPS) is 12.2. The van der Waals surface area contributed by atoms with Gasteiger partial charge in [0.15, 0.2) is 0 Å². The van der Waals surface area contributed by atoms with Gasteiger partial charge in [-0.2, -0.15) is 0 Å². The van der Waals surface area contributed by atoms with Gasteiger partial charge in [0.1, 0.15) is 12.6 Å². The predicted molar refractivity (Wildman–Crippen MR) is 161 cm³/mol. The van der Waals surface area contributed by atoms with Crippen LogP contribution in [0.3, 0.4) is 0 Å². The molecule has 1 unspecified atom stereocenters. The third-order valence-corrected chi connectivity index (χ3v) is 9.05. The number of anilines is 1. The summed E-state index contributed by atoms with van der Waals surface area (Å²) in [5.41, 5.74) is 1.45. The summed E-state index contributed by atoms with van der Waals surface area (Å²) >= 11 is 19.2. The molecule has 1 N–H and O–H groups in total. The molecule has 11 heteroatoms. The standard InChI is InChI=1S/C29H32Cl3N3O4S/c1-19(2)16-33-29(37)21(4)34(17-23-24(30)9-7-10-25(23)31)28(36)18-35(27-11-6-5-8-26(27)32)40(38,39)22-14-12-20(3)13-15-22/h5-15,19,21H,16-18H2,1-4H3,(H,33,37). The Labute approximate surface area is 251 Å². The molecule has 0 aromatic heterocycles. The summed E-state index contributed by atoms with van der Waals surface area (Å²) in [5, 5.41) is 3.61. The van der Waals surface area contributed by atoms with Crippen molar-refractivity contribution in [2.24, 2.45) is 5.92 Å². The fourth-order valence-corrected chi connectivity index (χ4v) is 6.13. The van der Waals surface area contributed by atoms with Gasteiger partial charge in [-0.15, -0.1) is 0 Å². The van der Waals surface area contributed by atoms with Gasteiger partial charge in [-0.05, 0) is 56.2 Å². The van der Waals surface area contributed by atoms with E-state index in [4.69, 9.17) is 34.8 Å². The molecule has 0 spiro atoms. The van der Waals surface area contributed by atoms with Gasteiger partial charge in [-0.3, -0.25) is 13.9 Å². The van der Waals surface area contributed by atoms with Crippen molar-refractivity contribution in [3.05, 3.63) is 92.9 Å². The second kappa shape index (κ2) is 13.7. The minimum absolute atomic E-state index is 0.00533. The van der Waals surface area contributed by atoms with Crippen molar-refractivity contribution in [3.8, 4) is 0 Å². The third-order valence-electron chi connectivity index (χ3n) is 6.25. The van der Waals surface area contributed by atoms with Crippen molar-refractivity contribution >= 4 is 62.3 Å². The number of para-hydroxylation sites is 1. The zero-order valence-corrected chi connectivity index (χ0v) is 25.8. The molecule has 40 heavy (non-hydrogen) atoms. The van der Waals surface area contributed by atoms with Crippen molar-refractivity contribution in [1.82, 2.24) is 10.2 Å². The van der Waals surface area contributed by atoms with Crippen LogP contribution in [0.15, 0.2) is 71.6 Å². The number of sulfonamides is 1. The molecule has 0 radical (unpaired) electrons. The highest BCUT2D eigenvalue weighted by Gasteiger charge is 2.33. The van der Waals surface area contributed by atoms with Crippen molar-refractivity contribution in [1.29, 1.82) is 0 Å². The summed E-state index contributed by atoms with van der Waals surface area (Å²) in [7, 11) is -4.23. The molecule has 0 fully saturated rings. The number of benzene rings is 3. The summed E-state index contributed by atoms with van der Waals surface area (Å²) in [5.74, 6) is -0.844. The Morgan fingerprint density at radius 1 is 0.850 bits per heavy atom. The quantitative estimate of drug-likeness (QED) is 0.270. The minimum atomic E-state index is -4.23. The number of nitrogens with one attached hydrogen (secondary N) is 1. The van der Waals surface area contributed by atoms with Crippen LogP contribution >= 0.6 is 34.8 Å². The lowest BCUT2D eigenvalue weighted by molar-refractivity contribution is -0.139. The van der Waals surface area contributed by atoms with E-state index in [1.54, 1.807) is 55.5 Å². The molecule has 1 atom stereocenters. The average molecular weight is 625 g/mol.